The van der Waals surface area contributed by atoms with Gasteiger partial charge in [0.25, 0.3) is 15.9 Å². The van der Waals surface area contributed by atoms with Gasteiger partial charge in [-0.05, 0) is 66.9 Å². The summed E-state index contributed by atoms with van der Waals surface area (Å²) in [6.45, 7) is 3.83. The van der Waals surface area contributed by atoms with Gasteiger partial charge in [0, 0.05) is 23.7 Å². The minimum Gasteiger partial charge on any atom is -0.321 e. The zero-order valence-corrected chi connectivity index (χ0v) is 20.5. The maximum atomic E-state index is 14.0. The van der Waals surface area contributed by atoms with Crippen LogP contribution in [-0.2, 0) is 10.0 Å². The van der Waals surface area contributed by atoms with Crippen molar-refractivity contribution in [3.05, 3.63) is 100.0 Å². The molecule has 1 N–H and O–H groups in total. The maximum absolute atomic E-state index is 14.0. The van der Waals surface area contributed by atoms with Crippen molar-refractivity contribution in [2.24, 2.45) is 0 Å². The molecule has 0 spiro atoms. The van der Waals surface area contributed by atoms with Crippen molar-refractivity contribution in [3.63, 3.8) is 0 Å². The number of thiophene rings is 1. The molecule has 0 aliphatic rings. The van der Waals surface area contributed by atoms with Crippen molar-refractivity contribution < 1.29 is 17.6 Å². The summed E-state index contributed by atoms with van der Waals surface area (Å²) in [5.74, 6) is -1.04. The number of amides is 1. The Labute approximate surface area is 202 Å². The van der Waals surface area contributed by atoms with Crippen molar-refractivity contribution in [3.8, 4) is 11.1 Å². The molecule has 0 bridgehead atoms. The molecule has 0 saturated heterocycles. The van der Waals surface area contributed by atoms with Crippen molar-refractivity contribution in [1.82, 2.24) is 0 Å². The van der Waals surface area contributed by atoms with E-state index in [1.54, 1.807) is 41.8 Å². The van der Waals surface area contributed by atoms with E-state index < -0.39 is 21.7 Å². The highest BCUT2D eigenvalue weighted by molar-refractivity contribution is 7.93. The van der Waals surface area contributed by atoms with Crippen LogP contribution in [-0.4, -0.2) is 21.4 Å². The van der Waals surface area contributed by atoms with Gasteiger partial charge < -0.3 is 5.32 Å². The summed E-state index contributed by atoms with van der Waals surface area (Å²) in [7, 11) is -2.73. The lowest BCUT2D eigenvalue weighted by atomic mass is 10.1. The molecule has 34 heavy (non-hydrogen) atoms. The zero-order valence-electron chi connectivity index (χ0n) is 18.9. The van der Waals surface area contributed by atoms with Crippen LogP contribution in [0, 0.1) is 19.7 Å². The van der Waals surface area contributed by atoms with E-state index in [2.05, 4.69) is 5.32 Å². The topological polar surface area (TPSA) is 66.5 Å². The number of rotatable bonds is 6. The van der Waals surface area contributed by atoms with Crippen LogP contribution < -0.4 is 9.62 Å². The van der Waals surface area contributed by atoms with E-state index in [4.69, 9.17) is 0 Å². The van der Waals surface area contributed by atoms with E-state index >= 15 is 0 Å². The van der Waals surface area contributed by atoms with Crippen molar-refractivity contribution in [2.75, 3.05) is 16.7 Å². The molecule has 8 heteroatoms. The average molecular weight is 495 g/mol. The Morgan fingerprint density at radius 3 is 2.26 bits per heavy atom. The van der Waals surface area contributed by atoms with Crippen LogP contribution in [0.2, 0.25) is 0 Å². The molecule has 0 fully saturated rings. The Bertz CT molecular complexity index is 1440. The van der Waals surface area contributed by atoms with Gasteiger partial charge in [-0.25, -0.2) is 12.8 Å². The number of anilines is 2. The van der Waals surface area contributed by atoms with Crippen LogP contribution in [0.5, 0.6) is 0 Å². The van der Waals surface area contributed by atoms with Crippen LogP contribution in [0.3, 0.4) is 0 Å². The summed E-state index contributed by atoms with van der Waals surface area (Å²) >= 11 is 1.01. The first-order valence-corrected chi connectivity index (χ1v) is 12.8. The molecule has 4 aromatic rings. The molecule has 0 atom stereocenters. The predicted octanol–water partition coefficient (Wildman–Crippen LogP) is 6.25. The molecule has 0 saturated carbocycles. The number of carbonyl (C=O) groups excluding carboxylic acids is 1. The predicted molar refractivity (Wildman–Crippen MR) is 136 cm³/mol. The number of nitrogens with zero attached hydrogens (tertiary/aromatic N) is 1. The second-order valence-corrected chi connectivity index (χ2v) is 10.7. The molecule has 3 aromatic carbocycles. The van der Waals surface area contributed by atoms with Crippen LogP contribution in [0.4, 0.5) is 15.8 Å². The van der Waals surface area contributed by atoms with E-state index in [1.165, 1.54) is 25.2 Å². The van der Waals surface area contributed by atoms with Gasteiger partial charge in [-0.3, -0.25) is 9.10 Å². The lowest BCUT2D eigenvalue weighted by molar-refractivity contribution is 0.102. The number of aryl methyl sites for hydroxylation is 2. The molecule has 5 nitrogen and oxygen atoms in total. The number of sulfonamides is 1. The van der Waals surface area contributed by atoms with E-state index in [0.29, 0.717) is 16.9 Å². The second-order valence-electron chi connectivity index (χ2n) is 7.96. The maximum Gasteiger partial charge on any atom is 0.267 e. The molecule has 174 valence electrons. The van der Waals surface area contributed by atoms with Gasteiger partial charge in [0.15, 0.2) is 0 Å². The Morgan fingerprint density at radius 1 is 0.941 bits per heavy atom. The Kier molecular flexibility index (Phi) is 6.54. The normalized spacial score (nSPS) is 11.3. The number of hydrogen-bond donors (Lipinski definition) is 1. The third kappa shape index (κ3) is 4.73. The van der Waals surface area contributed by atoms with Gasteiger partial charge in [0.2, 0.25) is 0 Å². The van der Waals surface area contributed by atoms with Crippen molar-refractivity contribution in [1.29, 1.82) is 0 Å². The minimum absolute atomic E-state index is 0.0289. The van der Waals surface area contributed by atoms with Gasteiger partial charge in [-0.1, -0.05) is 36.4 Å². The number of nitrogens with one attached hydrogen (secondary N) is 1. The first-order valence-electron chi connectivity index (χ1n) is 10.5. The number of halogens is 1. The van der Waals surface area contributed by atoms with Gasteiger partial charge in [0.1, 0.15) is 15.6 Å². The summed E-state index contributed by atoms with van der Waals surface area (Å²) in [4.78, 5) is 13.2. The van der Waals surface area contributed by atoms with E-state index in [1.807, 2.05) is 32.0 Å². The largest absolute Gasteiger partial charge is 0.321 e. The van der Waals surface area contributed by atoms with Gasteiger partial charge in [-0.2, -0.15) is 0 Å². The highest BCUT2D eigenvalue weighted by atomic mass is 32.2. The van der Waals surface area contributed by atoms with Crippen molar-refractivity contribution in [2.45, 2.75) is 18.7 Å². The Morgan fingerprint density at radius 2 is 1.62 bits per heavy atom. The van der Waals surface area contributed by atoms with Gasteiger partial charge >= 0.3 is 0 Å². The molecule has 0 radical (unpaired) electrons. The molecule has 0 aliphatic carbocycles. The molecule has 1 amide bonds. The lowest BCUT2D eigenvalue weighted by Crippen LogP contribution is -2.28. The molecular weight excluding hydrogens is 471 g/mol. The third-order valence-corrected chi connectivity index (χ3v) is 8.29. The van der Waals surface area contributed by atoms with E-state index in [0.717, 1.165) is 26.8 Å². The summed E-state index contributed by atoms with van der Waals surface area (Å²) in [5, 5.41) is 4.40. The number of hydrogen-bond acceptors (Lipinski definition) is 4. The van der Waals surface area contributed by atoms with Crippen LogP contribution in [0.1, 0.15) is 20.8 Å². The van der Waals surface area contributed by atoms with Gasteiger partial charge in [0.05, 0.1) is 5.69 Å². The molecule has 0 unspecified atom stereocenters. The monoisotopic (exact) mass is 494 g/mol. The second kappa shape index (κ2) is 9.40. The number of benzene rings is 3. The molecule has 1 aromatic heterocycles. The fourth-order valence-corrected chi connectivity index (χ4v) is 6.62. The highest BCUT2D eigenvalue weighted by Crippen LogP contribution is 2.38. The quantitative estimate of drug-likeness (QED) is 0.345. The third-order valence-electron chi connectivity index (χ3n) is 5.31. The van der Waals surface area contributed by atoms with Gasteiger partial charge in [-0.15, -0.1) is 11.3 Å². The summed E-state index contributed by atoms with van der Waals surface area (Å²) < 4.78 is 42.8. The van der Waals surface area contributed by atoms with Crippen molar-refractivity contribution >= 4 is 38.6 Å². The fraction of sp³-hybridized carbons (Fsp3) is 0.115. The number of para-hydroxylation sites is 1. The van der Waals surface area contributed by atoms with Crippen LogP contribution >= 0.6 is 11.3 Å². The minimum atomic E-state index is -4.16. The summed E-state index contributed by atoms with van der Waals surface area (Å²) in [6, 6.07) is 19.9. The molecule has 4 rings (SSSR count). The molecule has 1 heterocycles. The zero-order chi connectivity index (χ0) is 24.5. The lowest BCUT2D eigenvalue weighted by Gasteiger charge is -2.21. The first kappa shape index (κ1) is 23.7. The van der Waals surface area contributed by atoms with E-state index in [-0.39, 0.29) is 15.3 Å². The summed E-state index contributed by atoms with van der Waals surface area (Å²) in [5.41, 5.74) is 3.61. The van der Waals surface area contributed by atoms with Crippen LogP contribution in [0.15, 0.2) is 83.1 Å². The molecular formula is C26H23FN2O3S2. The first-order chi connectivity index (χ1) is 16.2. The fourth-order valence-electron chi connectivity index (χ4n) is 3.76. The van der Waals surface area contributed by atoms with Crippen LogP contribution in [0.25, 0.3) is 11.1 Å². The average Bonchev–Trinajstić information content (AvgIpc) is 3.25. The summed E-state index contributed by atoms with van der Waals surface area (Å²) in [6.07, 6.45) is 0. The Balaban J connectivity index is 1.85. The highest BCUT2D eigenvalue weighted by Gasteiger charge is 2.33. The number of carbonyl (C=O) groups is 1. The molecule has 0 aliphatic heterocycles. The SMILES string of the molecule is Cc1cc(C)cc(NC(=O)c2scc(-c3cccc(F)c3)c2S(=O)(=O)N(C)c2ccccc2)c1. The smallest absolute Gasteiger partial charge is 0.267 e. The standard InChI is InChI=1S/C26H23FN2O3S2/c1-17-12-18(2)14-21(13-17)28-26(30)24-25(23(16-33-24)19-8-7-9-20(27)15-19)34(31,32)29(3)22-10-5-4-6-11-22/h4-16H,1-3H3,(H,28,30). The Hall–Kier alpha value is -3.49. The van der Waals surface area contributed by atoms with E-state index in [9.17, 15) is 17.6 Å².